The molecule has 5 nitrogen and oxygen atoms in total. The van der Waals surface area contributed by atoms with E-state index in [0.717, 1.165) is 55.2 Å². The van der Waals surface area contributed by atoms with Crippen LogP contribution in [-0.4, -0.2) is 25.0 Å². The predicted octanol–water partition coefficient (Wildman–Crippen LogP) is 7.75. The van der Waals surface area contributed by atoms with E-state index in [9.17, 15) is 9.90 Å². The third-order valence-electron chi connectivity index (χ3n) is 6.77. The number of unbranched alkanes of at least 4 members (excludes halogenated alkanes) is 2. The molecule has 1 aliphatic carbocycles. The van der Waals surface area contributed by atoms with Crippen molar-refractivity contribution >= 4 is 11.8 Å². The van der Waals surface area contributed by atoms with Gasteiger partial charge in [0.25, 0.3) is 0 Å². The lowest BCUT2D eigenvalue weighted by Gasteiger charge is -2.32. The van der Waals surface area contributed by atoms with Crippen molar-refractivity contribution < 1.29 is 19.4 Å². The van der Waals surface area contributed by atoms with E-state index in [2.05, 4.69) is 33.4 Å². The molecule has 0 saturated carbocycles. The molecule has 0 heterocycles. The first kappa shape index (κ1) is 26.4. The topological polar surface area (TPSA) is 59.0 Å². The minimum atomic E-state index is -0.505. The standard InChI is InChI=1S/C30H39NO4/c1-6-7-9-12-23-18-27(32)29(26-17-22(4)15-16-25(26)21(2)3)28(19-23)35-20-31(30(33)34-5)24-13-10-8-11-14-24/h8,10-11,13-14,17-19,25-26,32H,2,6-7,9,12,15-16,20H2,1,3-5H3/t25-,26+/m0/s1. The smallest absolute Gasteiger partial charge is 0.416 e. The van der Waals surface area contributed by atoms with Gasteiger partial charge in [0.05, 0.1) is 12.8 Å². The number of para-hydroxylation sites is 1. The molecule has 0 saturated heterocycles. The average Bonchev–Trinajstić information content (AvgIpc) is 2.84. The van der Waals surface area contributed by atoms with Gasteiger partial charge in [-0.05, 0) is 75.3 Å². The van der Waals surface area contributed by atoms with Crippen LogP contribution in [0.25, 0.3) is 0 Å². The number of ether oxygens (including phenoxy) is 2. The first-order chi connectivity index (χ1) is 16.8. The zero-order valence-corrected chi connectivity index (χ0v) is 21.5. The quantitative estimate of drug-likeness (QED) is 0.216. The fourth-order valence-corrected chi connectivity index (χ4v) is 4.84. The summed E-state index contributed by atoms with van der Waals surface area (Å²) in [5.74, 6) is 1.01. The number of benzene rings is 2. The van der Waals surface area contributed by atoms with Crippen LogP contribution in [0.5, 0.6) is 11.5 Å². The largest absolute Gasteiger partial charge is 0.507 e. The summed E-state index contributed by atoms with van der Waals surface area (Å²) in [5, 5.41) is 11.3. The maximum atomic E-state index is 12.6. The summed E-state index contributed by atoms with van der Waals surface area (Å²) in [4.78, 5) is 14.0. The van der Waals surface area contributed by atoms with Crippen molar-refractivity contribution in [3.05, 3.63) is 77.4 Å². The number of aromatic hydroxyl groups is 1. The molecular formula is C30H39NO4. The Morgan fingerprint density at radius 3 is 2.60 bits per heavy atom. The Bertz CT molecular complexity index is 1040. The summed E-state index contributed by atoms with van der Waals surface area (Å²) < 4.78 is 11.3. The maximum Gasteiger partial charge on any atom is 0.416 e. The second kappa shape index (κ2) is 12.5. The molecule has 0 aromatic heterocycles. The summed E-state index contributed by atoms with van der Waals surface area (Å²) >= 11 is 0. The van der Waals surface area contributed by atoms with Crippen LogP contribution >= 0.6 is 0 Å². The van der Waals surface area contributed by atoms with Crippen molar-refractivity contribution in [1.82, 2.24) is 0 Å². The number of carbonyl (C=O) groups excluding carboxylic acids is 1. The summed E-state index contributed by atoms with van der Waals surface area (Å²) in [6, 6.07) is 13.2. The van der Waals surface area contributed by atoms with E-state index in [-0.39, 0.29) is 24.3 Å². The number of phenolic OH excluding ortho intramolecular Hbond substituents is 1. The number of allylic oxidation sites excluding steroid dienone is 3. The molecule has 35 heavy (non-hydrogen) atoms. The van der Waals surface area contributed by atoms with Gasteiger partial charge in [0, 0.05) is 11.5 Å². The number of aryl methyl sites for hydroxylation is 1. The number of anilines is 1. The SMILES string of the molecule is C=C(C)[C@@H]1CCC(C)=C[C@H]1c1c(O)cc(CCCCC)cc1OCN(C(=O)OC)c1ccccc1. The summed E-state index contributed by atoms with van der Waals surface area (Å²) in [6.45, 7) is 10.6. The van der Waals surface area contributed by atoms with Crippen LogP contribution in [0.3, 0.4) is 0 Å². The lowest BCUT2D eigenvalue weighted by Crippen LogP contribution is -2.34. The molecule has 3 rings (SSSR count). The molecule has 0 radical (unpaired) electrons. The molecule has 2 aromatic carbocycles. The van der Waals surface area contributed by atoms with Gasteiger partial charge in [-0.2, -0.15) is 0 Å². The Hall–Kier alpha value is -3.21. The van der Waals surface area contributed by atoms with E-state index in [1.54, 1.807) is 0 Å². The zero-order chi connectivity index (χ0) is 25.4. The number of methoxy groups -OCH3 is 1. The van der Waals surface area contributed by atoms with E-state index in [1.807, 2.05) is 42.5 Å². The number of hydrogen-bond acceptors (Lipinski definition) is 4. The zero-order valence-electron chi connectivity index (χ0n) is 21.5. The monoisotopic (exact) mass is 477 g/mol. The summed E-state index contributed by atoms with van der Waals surface area (Å²) in [5.41, 5.74) is 4.86. The van der Waals surface area contributed by atoms with Crippen LogP contribution in [0.15, 0.2) is 66.3 Å². The first-order valence-electron chi connectivity index (χ1n) is 12.6. The molecule has 0 bridgehead atoms. The molecule has 0 fully saturated rings. The van der Waals surface area contributed by atoms with E-state index in [4.69, 9.17) is 9.47 Å². The van der Waals surface area contributed by atoms with Gasteiger partial charge >= 0.3 is 6.09 Å². The molecule has 1 aliphatic rings. The molecule has 0 aliphatic heterocycles. The van der Waals surface area contributed by atoms with Crippen molar-refractivity contribution in [2.24, 2.45) is 5.92 Å². The second-order valence-electron chi connectivity index (χ2n) is 9.52. The first-order valence-corrected chi connectivity index (χ1v) is 12.6. The molecule has 188 valence electrons. The lowest BCUT2D eigenvalue weighted by atomic mass is 9.73. The number of phenols is 1. The van der Waals surface area contributed by atoms with Crippen molar-refractivity contribution in [3.63, 3.8) is 0 Å². The van der Waals surface area contributed by atoms with Gasteiger partial charge in [-0.15, -0.1) is 0 Å². The van der Waals surface area contributed by atoms with E-state index < -0.39 is 6.09 Å². The van der Waals surface area contributed by atoms with Crippen LogP contribution < -0.4 is 9.64 Å². The Labute approximate surface area is 210 Å². The minimum Gasteiger partial charge on any atom is -0.507 e. The minimum absolute atomic E-state index is 0.0330. The summed E-state index contributed by atoms with van der Waals surface area (Å²) in [6.07, 6.45) is 7.90. The number of nitrogens with zero attached hydrogens (tertiary/aromatic N) is 1. The highest BCUT2D eigenvalue weighted by molar-refractivity contribution is 5.87. The predicted molar refractivity (Wildman–Crippen MR) is 142 cm³/mol. The van der Waals surface area contributed by atoms with Gasteiger partial charge in [0.15, 0.2) is 6.73 Å². The van der Waals surface area contributed by atoms with Crippen molar-refractivity contribution in [1.29, 1.82) is 0 Å². The lowest BCUT2D eigenvalue weighted by molar-refractivity contribution is 0.170. The van der Waals surface area contributed by atoms with Crippen LogP contribution in [0.1, 0.15) is 69.9 Å². The summed E-state index contributed by atoms with van der Waals surface area (Å²) in [7, 11) is 1.36. The maximum absolute atomic E-state index is 12.6. The molecule has 5 heteroatoms. The normalized spacial score (nSPS) is 17.4. The second-order valence-corrected chi connectivity index (χ2v) is 9.52. The highest BCUT2D eigenvalue weighted by Crippen LogP contribution is 2.47. The fourth-order valence-electron chi connectivity index (χ4n) is 4.84. The van der Waals surface area contributed by atoms with Gasteiger partial charge in [-0.3, -0.25) is 0 Å². The number of carbonyl (C=O) groups is 1. The number of amides is 1. The van der Waals surface area contributed by atoms with E-state index in [1.165, 1.54) is 17.6 Å². The van der Waals surface area contributed by atoms with Crippen LogP contribution in [-0.2, 0) is 11.2 Å². The van der Waals surface area contributed by atoms with Crippen LogP contribution in [0.4, 0.5) is 10.5 Å². The molecule has 0 spiro atoms. The van der Waals surface area contributed by atoms with Gasteiger partial charge in [0.2, 0.25) is 0 Å². The van der Waals surface area contributed by atoms with Crippen molar-refractivity contribution in [2.45, 2.75) is 65.2 Å². The van der Waals surface area contributed by atoms with Gasteiger partial charge in [-0.25, -0.2) is 9.69 Å². The molecule has 2 aromatic rings. The van der Waals surface area contributed by atoms with Gasteiger partial charge in [-0.1, -0.05) is 61.8 Å². The Kier molecular flexibility index (Phi) is 9.41. The molecule has 0 unspecified atom stereocenters. The van der Waals surface area contributed by atoms with Crippen LogP contribution in [0, 0.1) is 5.92 Å². The molecular weight excluding hydrogens is 438 g/mol. The molecule has 1 N–H and O–H groups in total. The van der Waals surface area contributed by atoms with E-state index in [0.29, 0.717) is 11.4 Å². The van der Waals surface area contributed by atoms with Crippen molar-refractivity contribution in [2.75, 3.05) is 18.7 Å². The van der Waals surface area contributed by atoms with E-state index >= 15 is 0 Å². The van der Waals surface area contributed by atoms with Crippen LogP contribution in [0.2, 0.25) is 0 Å². The Morgan fingerprint density at radius 1 is 1.20 bits per heavy atom. The fraction of sp³-hybridized carbons (Fsp3) is 0.433. The number of rotatable bonds is 10. The highest BCUT2D eigenvalue weighted by atomic mass is 16.6. The Morgan fingerprint density at radius 2 is 1.94 bits per heavy atom. The third kappa shape index (κ3) is 6.68. The number of hydrogen-bond donors (Lipinski definition) is 1. The van der Waals surface area contributed by atoms with Gasteiger partial charge in [0.1, 0.15) is 11.5 Å². The van der Waals surface area contributed by atoms with Gasteiger partial charge < -0.3 is 14.6 Å². The highest BCUT2D eigenvalue weighted by Gasteiger charge is 2.31. The van der Waals surface area contributed by atoms with Crippen molar-refractivity contribution in [3.8, 4) is 11.5 Å². The molecule has 2 atom stereocenters. The molecule has 1 amide bonds. The average molecular weight is 478 g/mol. The Balaban J connectivity index is 2.01. The third-order valence-corrected chi connectivity index (χ3v) is 6.77.